The maximum atomic E-state index is 5.64. The molecule has 2 nitrogen and oxygen atoms in total. The van der Waals surface area contributed by atoms with Crippen LogP contribution in [0.15, 0.2) is 30.3 Å². The van der Waals surface area contributed by atoms with Crippen molar-refractivity contribution < 1.29 is 4.74 Å². The first-order chi connectivity index (χ1) is 10.2. The summed E-state index contributed by atoms with van der Waals surface area (Å²) in [6.07, 6.45) is 6.22. The Balaban J connectivity index is 2.29. The monoisotopic (exact) mass is 291 g/mol. The first kappa shape index (κ1) is 18.2. The summed E-state index contributed by atoms with van der Waals surface area (Å²) in [5.41, 5.74) is 1.41. The number of benzene rings is 1. The molecule has 120 valence electrons. The van der Waals surface area contributed by atoms with Gasteiger partial charge in [0.05, 0.1) is 0 Å². The smallest absolute Gasteiger partial charge is 0.0489 e. The Bertz CT molecular complexity index is 337. The van der Waals surface area contributed by atoms with Crippen molar-refractivity contribution >= 4 is 0 Å². The summed E-state index contributed by atoms with van der Waals surface area (Å²) in [4.78, 5) is 0. The van der Waals surface area contributed by atoms with Crippen molar-refractivity contribution in [1.29, 1.82) is 0 Å². The third kappa shape index (κ3) is 8.90. The molecule has 0 aliphatic heterocycles. The van der Waals surface area contributed by atoms with Gasteiger partial charge < -0.3 is 10.1 Å². The van der Waals surface area contributed by atoms with Crippen LogP contribution in [0.2, 0.25) is 0 Å². The summed E-state index contributed by atoms with van der Waals surface area (Å²) >= 11 is 0. The fourth-order valence-electron chi connectivity index (χ4n) is 2.44. The molecule has 0 amide bonds. The first-order valence-electron chi connectivity index (χ1n) is 8.60. The van der Waals surface area contributed by atoms with Crippen molar-refractivity contribution in [2.24, 2.45) is 5.92 Å². The van der Waals surface area contributed by atoms with Crippen LogP contribution < -0.4 is 5.32 Å². The van der Waals surface area contributed by atoms with E-state index in [9.17, 15) is 0 Å². The molecular weight excluding hydrogens is 258 g/mol. The van der Waals surface area contributed by atoms with Crippen molar-refractivity contribution in [1.82, 2.24) is 5.32 Å². The molecule has 0 aliphatic carbocycles. The average molecular weight is 291 g/mol. The lowest BCUT2D eigenvalue weighted by Gasteiger charge is -2.19. The molecule has 0 aromatic heterocycles. The zero-order valence-electron chi connectivity index (χ0n) is 14.1. The molecule has 1 rings (SSSR count). The number of nitrogens with one attached hydrogen (secondary N) is 1. The minimum atomic E-state index is 0.489. The molecule has 1 aromatic carbocycles. The molecule has 21 heavy (non-hydrogen) atoms. The average Bonchev–Trinajstić information content (AvgIpc) is 2.49. The van der Waals surface area contributed by atoms with E-state index in [2.05, 4.69) is 56.4 Å². The minimum Gasteiger partial charge on any atom is -0.381 e. The van der Waals surface area contributed by atoms with Crippen LogP contribution in [0.3, 0.4) is 0 Å². The first-order valence-corrected chi connectivity index (χ1v) is 8.60. The molecule has 2 heteroatoms. The van der Waals surface area contributed by atoms with Gasteiger partial charge in [-0.05, 0) is 30.9 Å². The van der Waals surface area contributed by atoms with Gasteiger partial charge in [-0.25, -0.2) is 0 Å². The second-order valence-corrected chi connectivity index (χ2v) is 6.24. The van der Waals surface area contributed by atoms with Gasteiger partial charge in [0, 0.05) is 19.3 Å². The summed E-state index contributed by atoms with van der Waals surface area (Å²) < 4.78 is 5.64. The van der Waals surface area contributed by atoms with Crippen molar-refractivity contribution in [3.8, 4) is 0 Å². The highest BCUT2D eigenvalue weighted by Crippen LogP contribution is 2.19. The van der Waals surface area contributed by atoms with Crippen LogP contribution in [-0.2, 0) is 4.74 Å². The van der Waals surface area contributed by atoms with E-state index in [4.69, 9.17) is 4.74 Å². The summed E-state index contributed by atoms with van der Waals surface area (Å²) in [6, 6.07) is 11.3. The van der Waals surface area contributed by atoms with Crippen molar-refractivity contribution in [2.75, 3.05) is 19.8 Å². The van der Waals surface area contributed by atoms with Gasteiger partial charge in [-0.3, -0.25) is 0 Å². The summed E-state index contributed by atoms with van der Waals surface area (Å²) in [7, 11) is 0. The molecule has 0 fully saturated rings. The maximum absolute atomic E-state index is 5.64. The highest BCUT2D eigenvalue weighted by atomic mass is 16.5. The molecule has 1 N–H and O–H groups in total. The maximum Gasteiger partial charge on any atom is 0.0489 e. The van der Waals surface area contributed by atoms with Crippen molar-refractivity contribution in [2.45, 2.75) is 58.9 Å². The molecule has 1 aromatic rings. The normalized spacial score (nSPS) is 12.8. The lowest BCUT2D eigenvalue weighted by Crippen LogP contribution is -2.23. The Morgan fingerprint density at radius 2 is 1.81 bits per heavy atom. The zero-order chi connectivity index (χ0) is 15.3. The third-order valence-corrected chi connectivity index (χ3v) is 3.61. The highest BCUT2D eigenvalue weighted by Gasteiger charge is 2.09. The second kappa shape index (κ2) is 11.8. The van der Waals surface area contributed by atoms with Crippen LogP contribution in [0.1, 0.15) is 64.5 Å². The zero-order valence-corrected chi connectivity index (χ0v) is 14.1. The van der Waals surface area contributed by atoms with Crippen molar-refractivity contribution in [3.63, 3.8) is 0 Å². The molecule has 0 saturated carbocycles. The molecule has 0 saturated heterocycles. The van der Waals surface area contributed by atoms with E-state index < -0.39 is 0 Å². The Hall–Kier alpha value is -0.860. The van der Waals surface area contributed by atoms with E-state index in [1.807, 2.05) is 0 Å². The van der Waals surface area contributed by atoms with Gasteiger partial charge in [0.25, 0.3) is 0 Å². The molecule has 1 unspecified atom stereocenters. The summed E-state index contributed by atoms with van der Waals surface area (Å²) in [6.45, 7) is 9.41. The minimum absolute atomic E-state index is 0.489. The molecule has 0 bridgehead atoms. The molecular formula is C19H33NO. The number of ether oxygens (including phenoxy) is 1. The fourth-order valence-corrected chi connectivity index (χ4v) is 2.44. The Morgan fingerprint density at radius 3 is 2.48 bits per heavy atom. The standard InChI is InChI=1S/C19H33NO/c1-4-5-7-13-19(18-11-8-6-9-12-18)20-14-10-15-21-16-17(2)3/h6,8-9,11-12,17,19-20H,4-5,7,10,13-16H2,1-3H3. The van der Waals surface area contributed by atoms with E-state index in [1.165, 1.54) is 31.2 Å². The molecule has 0 spiro atoms. The van der Waals surface area contributed by atoms with Crippen LogP contribution in [0, 0.1) is 5.92 Å². The molecule has 0 heterocycles. The molecule has 1 atom stereocenters. The van der Waals surface area contributed by atoms with Gasteiger partial charge in [-0.2, -0.15) is 0 Å². The van der Waals surface area contributed by atoms with Crippen LogP contribution in [0.4, 0.5) is 0 Å². The summed E-state index contributed by atoms with van der Waals surface area (Å²) in [5, 5.41) is 3.70. The third-order valence-electron chi connectivity index (χ3n) is 3.61. The van der Waals surface area contributed by atoms with Gasteiger partial charge in [-0.1, -0.05) is 70.4 Å². The van der Waals surface area contributed by atoms with Crippen LogP contribution in [-0.4, -0.2) is 19.8 Å². The van der Waals surface area contributed by atoms with E-state index in [0.29, 0.717) is 12.0 Å². The van der Waals surface area contributed by atoms with E-state index in [-0.39, 0.29) is 0 Å². The van der Waals surface area contributed by atoms with Crippen LogP contribution >= 0.6 is 0 Å². The van der Waals surface area contributed by atoms with E-state index in [1.54, 1.807) is 0 Å². The lowest BCUT2D eigenvalue weighted by molar-refractivity contribution is 0.107. The number of unbranched alkanes of at least 4 members (excludes halogenated alkanes) is 2. The Kier molecular flexibility index (Phi) is 10.2. The largest absolute Gasteiger partial charge is 0.381 e. The number of hydrogen-bond acceptors (Lipinski definition) is 2. The molecule has 0 aliphatic rings. The van der Waals surface area contributed by atoms with Gasteiger partial charge >= 0.3 is 0 Å². The Labute approximate surface area is 131 Å². The second-order valence-electron chi connectivity index (χ2n) is 6.24. The van der Waals surface area contributed by atoms with Gasteiger partial charge in [0.15, 0.2) is 0 Å². The van der Waals surface area contributed by atoms with E-state index >= 15 is 0 Å². The van der Waals surface area contributed by atoms with Crippen LogP contribution in [0.5, 0.6) is 0 Å². The number of hydrogen-bond donors (Lipinski definition) is 1. The highest BCUT2D eigenvalue weighted by molar-refractivity contribution is 5.18. The van der Waals surface area contributed by atoms with Crippen LogP contribution in [0.25, 0.3) is 0 Å². The Morgan fingerprint density at radius 1 is 1.05 bits per heavy atom. The topological polar surface area (TPSA) is 21.3 Å². The number of rotatable bonds is 12. The van der Waals surface area contributed by atoms with E-state index in [0.717, 1.165) is 26.2 Å². The quantitative estimate of drug-likeness (QED) is 0.550. The SMILES string of the molecule is CCCCCC(NCCCOCC(C)C)c1ccccc1. The van der Waals surface area contributed by atoms with Gasteiger partial charge in [-0.15, -0.1) is 0 Å². The van der Waals surface area contributed by atoms with Gasteiger partial charge in [0.1, 0.15) is 0 Å². The predicted molar refractivity (Wildman–Crippen MR) is 91.6 cm³/mol. The predicted octanol–water partition coefficient (Wildman–Crippen LogP) is 4.96. The van der Waals surface area contributed by atoms with Gasteiger partial charge in [0.2, 0.25) is 0 Å². The lowest BCUT2D eigenvalue weighted by atomic mass is 10.0. The fraction of sp³-hybridized carbons (Fsp3) is 0.684. The molecule has 0 radical (unpaired) electrons. The summed E-state index contributed by atoms with van der Waals surface area (Å²) in [5.74, 6) is 0.629. The van der Waals surface area contributed by atoms with Crippen molar-refractivity contribution in [3.05, 3.63) is 35.9 Å².